The third kappa shape index (κ3) is 12.1. The first-order valence-corrected chi connectivity index (χ1v) is 22.2. The van der Waals surface area contributed by atoms with Crippen LogP contribution in [0.15, 0.2) is 0 Å². The number of aliphatic hydroxyl groups is 2. The Kier molecular flexibility index (Phi) is 16.9. The number of hydrogen-bond acceptors (Lipinski definition) is 8. The van der Waals surface area contributed by atoms with Crippen LogP contribution < -0.4 is 21.3 Å². The van der Waals surface area contributed by atoms with Gasteiger partial charge in [-0.3, -0.25) is 19.2 Å². The van der Waals surface area contributed by atoms with Crippen molar-refractivity contribution in [1.29, 1.82) is 0 Å². The van der Waals surface area contributed by atoms with E-state index in [0.29, 0.717) is 51.0 Å². The highest BCUT2D eigenvalue weighted by Crippen LogP contribution is 2.45. The number of rotatable bonds is 13. The summed E-state index contributed by atoms with van der Waals surface area (Å²) < 4.78 is 0. The molecule has 13 nitrogen and oxygen atoms in total. The number of unbranched alkanes of at least 4 members (excludes halogenated alkanes) is 1. The average molecular weight is 788 g/mol. The van der Waals surface area contributed by atoms with Gasteiger partial charge in [0.05, 0.1) is 25.3 Å². The maximum Gasteiger partial charge on any atom is 0.326 e. The topological polar surface area (TPSA) is 197 Å². The number of aliphatic hydroxyl groups excluding tert-OH is 2. The number of carbonyl (C=O) groups is 5. The zero-order valence-corrected chi connectivity index (χ0v) is 34.4. The van der Waals surface area contributed by atoms with E-state index in [2.05, 4.69) is 28.2 Å². The van der Waals surface area contributed by atoms with Gasteiger partial charge in [0.2, 0.25) is 23.6 Å². The molecule has 4 bridgehead atoms. The van der Waals surface area contributed by atoms with Gasteiger partial charge >= 0.3 is 5.97 Å². The maximum atomic E-state index is 13.8. The minimum Gasteiger partial charge on any atom is -0.480 e. The molecule has 1 saturated heterocycles. The van der Waals surface area contributed by atoms with Crippen molar-refractivity contribution in [3.8, 4) is 0 Å². The zero-order chi connectivity index (χ0) is 40.4. The van der Waals surface area contributed by atoms with Gasteiger partial charge in [0.25, 0.3) is 0 Å². The van der Waals surface area contributed by atoms with Crippen molar-refractivity contribution < 1.29 is 39.3 Å². The molecule has 1 aliphatic heterocycles. The fourth-order valence-electron chi connectivity index (χ4n) is 11.2. The number of hydrogen-bond donors (Lipinski definition) is 7. The van der Waals surface area contributed by atoms with Gasteiger partial charge in [-0.2, -0.15) is 0 Å². The minimum atomic E-state index is -1.17. The van der Waals surface area contributed by atoms with Crippen molar-refractivity contribution in [2.45, 2.75) is 154 Å². The van der Waals surface area contributed by atoms with E-state index < -0.39 is 54.5 Å². The van der Waals surface area contributed by atoms with E-state index in [9.17, 15) is 39.3 Å². The number of fused-ring (bicyclic) bond motifs is 5. The lowest BCUT2D eigenvalue weighted by Gasteiger charge is -2.46. The first kappa shape index (κ1) is 44.3. The Morgan fingerprint density at radius 3 is 2.07 bits per heavy atom. The summed E-state index contributed by atoms with van der Waals surface area (Å²) in [5.41, 5.74) is 0. The summed E-state index contributed by atoms with van der Waals surface area (Å²) in [6.07, 6.45) is 16.4. The van der Waals surface area contributed by atoms with Crippen LogP contribution in [0, 0.1) is 53.3 Å². The monoisotopic (exact) mass is 788 g/mol. The smallest absolute Gasteiger partial charge is 0.326 e. The molecule has 9 unspecified atom stereocenters. The number of likely N-dealkylation sites (N-methyl/N-ethyl adjacent to an activating group) is 1. The Morgan fingerprint density at radius 2 is 1.43 bits per heavy atom. The molecule has 1 heterocycles. The largest absolute Gasteiger partial charge is 0.480 e. The molecule has 0 spiro atoms. The standard InChI is InChI=1S/C43H73N5O8/c1-4-5-6-27-7-12-30(13-8-27)31-14-9-28(10-15-31)23-44-22-26(2)41(53)46-25-39(52)48(3)40-32-16-18-37(50)34(21-32)33-19-29(11-17-36(33)49)20-35(43(55)56)47-38(51)24-45-42(40)54/h26-37,40,44,49-50H,4-25H2,1-3H3,(H,45,54)(H,46,53)(H,47,51)(H,55,56). The molecule has 13 heteroatoms. The quantitative estimate of drug-likeness (QED) is 0.146. The summed E-state index contributed by atoms with van der Waals surface area (Å²) in [5, 5.41) is 43.5. The lowest BCUT2D eigenvalue weighted by Crippen LogP contribution is -2.57. The van der Waals surface area contributed by atoms with E-state index in [0.717, 1.165) is 24.3 Å². The second-order valence-corrected chi connectivity index (χ2v) is 18.6. The van der Waals surface area contributed by atoms with E-state index in [1.165, 1.54) is 82.6 Å². The van der Waals surface area contributed by atoms with Crippen molar-refractivity contribution in [2.24, 2.45) is 53.3 Å². The van der Waals surface area contributed by atoms with Gasteiger partial charge in [-0.25, -0.2) is 4.79 Å². The summed E-state index contributed by atoms with van der Waals surface area (Å²) in [5.74, 6) is -1.16. The Bertz CT molecular complexity index is 1320. The first-order chi connectivity index (χ1) is 26.8. The zero-order valence-electron chi connectivity index (χ0n) is 34.4. The normalized spacial score (nSPS) is 36.2. The Hall–Kier alpha value is -2.77. The Labute approximate surface area is 334 Å². The SMILES string of the molecule is CCCCC1CCC(C2CCC(CNCC(C)C(=O)NCC(=O)N(C)C3C(=O)NCC(=O)NC(C(=O)O)CC4CCC(O)C(C4)C4CC3CCC4O)CC2)CC1. The molecule has 7 N–H and O–H groups in total. The molecule has 0 aromatic heterocycles. The number of carboxylic acid groups (broad SMARTS) is 1. The predicted molar refractivity (Wildman–Crippen MR) is 213 cm³/mol. The maximum absolute atomic E-state index is 13.8. The molecule has 318 valence electrons. The number of carboxylic acids is 1. The summed E-state index contributed by atoms with van der Waals surface area (Å²) in [6.45, 7) is 4.78. The lowest BCUT2D eigenvalue weighted by molar-refractivity contribution is -0.145. The molecule has 5 aliphatic rings. The molecule has 5 rings (SSSR count). The molecule has 4 aliphatic carbocycles. The van der Waals surface area contributed by atoms with Crippen LogP contribution in [0.3, 0.4) is 0 Å². The second kappa shape index (κ2) is 21.3. The molecular formula is C43H73N5O8. The fourth-order valence-corrected chi connectivity index (χ4v) is 11.2. The van der Waals surface area contributed by atoms with Crippen LogP contribution in [0.25, 0.3) is 0 Å². The van der Waals surface area contributed by atoms with E-state index >= 15 is 0 Å². The Morgan fingerprint density at radius 1 is 0.821 bits per heavy atom. The van der Waals surface area contributed by atoms with Gasteiger partial charge < -0.3 is 41.5 Å². The fraction of sp³-hybridized carbons (Fsp3) is 0.884. The van der Waals surface area contributed by atoms with Crippen LogP contribution in [-0.2, 0) is 24.0 Å². The van der Waals surface area contributed by atoms with Gasteiger partial charge in [-0.05, 0) is 137 Å². The third-order valence-electron chi connectivity index (χ3n) is 14.7. The van der Waals surface area contributed by atoms with Gasteiger partial charge in [-0.1, -0.05) is 46.0 Å². The van der Waals surface area contributed by atoms with Crippen molar-refractivity contribution in [2.75, 3.05) is 33.2 Å². The predicted octanol–water partition coefficient (Wildman–Crippen LogP) is 3.60. The molecule has 0 aromatic rings. The van der Waals surface area contributed by atoms with Crippen LogP contribution in [0.2, 0.25) is 0 Å². The van der Waals surface area contributed by atoms with E-state index in [4.69, 9.17) is 0 Å². The molecular weight excluding hydrogens is 714 g/mol. The van der Waals surface area contributed by atoms with Crippen LogP contribution in [-0.4, -0.2) is 107 Å². The van der Waals surface area contributed by atoms with Gasteiger partial charge in [0.1, 0.15) is 12.1 Å². The number of nitrogens with zero attached hydrogens (tertiary/aromatic N) is 1. The molecule has 9 atom stereocenters. The molecule has 4 saturated carbocycles. The number of carbonyl (C=O) groups excluding carboxylic acids is 4. The van der Waals surface area contributed by atoms with Crippen LogP contribution in [0.5, 0.6) is 0 Å². The van der Waals surface area contributed by atoms with E-state index in [1.54, 1.807) is 0 Å². The van der Waals surface area contributed by atoms with Crippen LogP contribution in [0.1, 0.15) is 129 Å². The minimum absolute atomic E-state index is 0.0641. The van der Waals surface area contributed by atoms with Crippen LogP contribution in [0.4, 0.5) is 0 Å². The van der Waals surface area contributed by atoms with Gasteiger partial charge in [-0.15, -0.1) is 0 Å². The van der Waals surface area contributed by atoms with Crippen molar-refractivity contribution in [1.82, 2.24) is 26.2 Å². The summed E-state index contributed by atoms with van der Waals surface area (Å²) in [7, 11) is 1.52. The summed E-state index contributed by atoms with van der Waals surface area (Å²) in [4.78, 5) is 66.7. The van der Waals surface area contributed by atoms with Gasteiger partial charge in [0, 0.05) is 19.5 Å². The first-order valence-electron chi connectivity index (χ1n) is 22.2. The summed E-state index contributed by atoms with van der Waals surface area (Å²) >= 11 is 0. The van der Waals surface area contributed by atoms with Gasteiger partial charge in [0.15, 0.2) is 0 Å². The van der Waals surface area contributed by atoms with Crippen molar-refractivity contribution in [3.63, 3.8) is 0 Å². The molecule has 4 amide bonds. The lowest BCUT2D eigenvalue weighted by atomic mass is 9.64. The van der Waals surface area contributed by atoms with E-state index in [1.807, 2.05) is 6.92 Å². The summed E-state index contributed by atoms with van der Waals surface area (Å²) in [6, 6.07) is -2.14. The second-order valence-electron chi connectivity index (χ2n) is 18.6. The Balaban J connectivity index is 1.10. The van der Waals surface area contributed by atoms with E-state index in [-0.39, 0.29) is 48.5 Å². The molecule has 5 fully saturated rings. The molecule has 0 aromatic carbocycles. The highest BCUT2D eigenvalue weighted by Gasteiger charge is 2.46. The number of amides is 4. The molecule has 56 heavy (non-hydrogen) atoms. The highest BCUT2D eigenvalue weighted by atomic mass is 16.4. The number of nitrogens with one attached hydrogen (secondary N) is 4. The van der Waals surface area contributed by atoms with Crippen molar-refractivity contribution >= 4 is 29.6 Å². The molecule has 0 radical (unpaired) electrons. The highest BCUT2D eigenvalue weighted by molar-refractivity contribution is 5.93. The average Bonchev–Trinajstić information content (AvgIpc) is 3.19. The third-order valence-corrected chi connectivity index (χ3v) is 14.7. The van der Waals surface area contributed by atoms with Crippen molar-refractivity contribution in [3.05, 3.63) is 0 Å². The number of aliphatic carboxylic acids is 1. The van der Waals surface area contributed by atoms with Crippen LogP contribution >= 0.6 is 0 Å².